The fourth-order valence-electron chi connectivity index (χ4n) is 2.84. The van der Waals surface area contributed by atoms with Gasteiger partial charge in [0.1, 0.15) is 6.26 Å². The molecule has 2 aromatic rings. The number of carbonyl (C=O) groups excluding carboxylic acids is 1. The molecule has 2 N–H and O–H groups in total. The third-order valence-corrected chi connectivity index (χ3v) is 5.30. The first-order valence-corrected chi connectivity index (χ1v) is 9.47. The molecule has 1 saturated heterocycles. The Morgan fingerprint density at radius 1 is 1.29 bits per heavy atom. The van der Waals surface area contributed by atoms with Crippen molar-refractivity contribution < 1.29 is 9.21 Å². The van der Waals surface area contributed by atoms with E-state index in [1.807, 2.05) is 35.2 Å². The van der Waals surface area contributed by atoms with Gasteiger partial charge in [-0.25, -0.2) is 4.98 Å². The number of carbonyl (C=O) groups is 1. The molecule has 1 fully saturated rings. The lowest BCUT2D eigenvalue weighted by Crippen LogP contribution is -2.40. The Balaban J connectivity index is 1.44. The molecule has 0 saturated carbocycles. The van der Waals surface area contributed by atoms with Crippen molar-refractivity contribution in [2.75, 3.05) is 25.4 Å². The molecule has 24 heavy (non-hydrogen) atoms. The summed E-state index contributed by atoms with van der Waals surface area (Å²) < 4.78 is 5.52. The van der Waals surface area contributed by atoms with Crippen LogP contribution in [0.1, 0.15) is 18.5 Å². The number of piperidine rings is 1. The predicted molar refractivity (Wildman–Crippen MR) is 96.5 cm³/mol. The summed E-state index contributed by atoms with van der Waals surface area (Å²) in [5, 5.41) is 0. The Morgan fingerprint density at radius 3 is 2.75 bits per heavy atom. The Bertz CT molecular complexity index is 651. The zero-order valence-electron chi connectivity index (χ0n) is 13.7. The molecule has 5 nitrogen and oxygen atoms in total. The highest BCUT2D eigenvalue weighted by Gasteiger charge is 2.21. The van der Waals surface area contributed by atoms with Gasteiger partial charge in [0.2, 0.25) is 11.8 Å². The Morgan fingerprint density at radius 2 is 2.04 bits per heavy atom. The number of hydrogen-bond donors (Lipinski definition) is 1. The fraction of sp³-hybridized carbons (Fsp3) is 0.444. The number of thioether (sulfide) groups is 1. The van der Waals surface area contributed by atoms with Crippen molar-refractivity contribution in [2.45, 2.75) is 18.6 Å². The highest BCUT2D eigenvalue weighted by Crippen LogP contribution is 2.21. The van der Waals surface area contributed by atoms with Crippen LogP contribution in [0, 0.1) is 5.92 Å². The number of aromatic nitrogens is 1. The van der Waals surface area contributed by atoms with Gasteiger partial charge in [-0.3, -0.25) is 4.79 Å². The highest BCUT2D eigenvalue weighted by atomic mass is 32.2. The van der Waals surface area contributed by atoms with Gasteiger partial charge in [0.15, 0.2) is 0 Å². The minimum Gasteiger partial charge on any atom is -0.444 e. The summed E-state index contributed by atoms with van der Waals surface area (Å²) in [4.78, 5) is 18.7. The highest BCUT2D eigenvalue weighted by molar-refractivity contribution is 7.99. The molecular weight excluding hydrogens is 322 g/mol. The number of nitrogens with two attached hydrogens (primary N) is 1. The van der Waals surface area contributed by atoms with Gasteiger partial charge in [-0.05, 0) is 37.4 Å². The molecule has 0 spiro atoms. The number of oxazole rings is 1. The summed E-state index contributed by atoms with van der Waals surface area (Å²) in [6, 6.07) is 9.82. The first-order valence-electron chi connectivity index (χ1n) is 8.31. The van der Waals surface area contributed by atoms with Crippen LogP contribution in [-0.4, -0.2) is 41.2 Å². The summed E-state index contributed by atoms with van der Waals surface area (Å²) >= 11 is 1.58. The molecule has 1 aliphatic heterocycles. The average Bonchev–Trinajstić information content (AvgIpc) is 3.11. The van der Waals surface area contributed by atoms with Gasteiger partial charge in [-0.15, -0.1) is 11.8 Å². The number of nitrogens with zero attached hydrogens (tertiary/aromatic N) is 2. The number of likely N-dealkylation sites (tertiary alicyclic amines) is 1. The number of hydrogen-bond acceptors (Lipinski definition) is 5. The molecule has 0 unspecified atom stereocenters. The van der Waals surface area contributed by atoms with Crippen molar-refractivity contribution >= 4 is 17.7 Å². The van der Waals surface area contributed by atoms with E-state index in [1.165, 1.54) is 0 Å². The summed E-state index contributed by atoms with van der Waals surface area (Å²) in [7, 11) is 0. The van der Waals surface area contributed by atoms with Crippen LogP contribution in [0.3, 0.4) is 0 Å². The average molecular weight is 345 g/mol. The first kappa shape index (κ1) is 17.0. The van der Waals surface area contributed by atoms with E-state index in [1.54, 1.807) is 18.0 Å². The van der Waals surface area contributed by atoms with Gasteiger partial charge in [0, 0.05) is 24.4 Å². The van der Waals surface area contributed by atoms with Gasteiger partial charge in [-0.1, -0.05) is 18.2 Å². The zero-order chi connectivity index (χ0) is 16.8. The summed E-state index contributed by atoms with van der Waals surface area (Å²) in [6.07, 6.45) is 3.72. The lowest BCUT2D eigenvalue weighted by atomic mass is 9.97. The van der Waals surface area contributed by atoms with Crippen molar-refractivity contribution in [3.8, 4) is 11.5 Å². The molecule has 3 rings (SSSR count). The van der Waals surface area contributed by atoms with Crippen molar-refractivity contribution in [3.05, 3.63) is 42.3 Å². The molecule has 0 radical (unpaired) electrons. The van der Waals surface area contributed by atoms with Gasteiger partial charge in [0.25, 0.3) is 0 Å². The van der Waals surface area contributed by atoms with Gasteiger partial charge in [0.05, 0.1) is 11.4 Å². The van der Waals surface area contributed by atoms with Crippen LogP contribution in [0.4, 0.5) is 0 Å². The van der Waals surface area contributed by atoms with Crippen molar-refractivity contribution in [1.82, 2.24) is 9.88 Å². The second-order valence-corrected chi connectivity index (χ2v) is 7.05. The molecule has 1 amide bonds. The molecule has 1 aliphatic rings. The van der Waals surface area contributed by atoms with Crippen LogP contribution in [0.15, 0.2) is 41.0 Å². The minimum atomic E-state index is 0.210. The first-order chi connectivity index (χ1) is 11.8. The molecule has 1 aromatic heterocycles. The maximum absolute atomic E-state index is 12.2. The van der Waals surface area contributed by atoms with E-state index < -0.39 is 0 Å². The number of benzene rings is 1. The van der Waals surface area contributed by atoms with E-state index >= 15 is 0 Å². The second kappa shape index (κ2) is 8.35. The lowest BCUT2D eigenvalue weighted by Gasteiger charge is -2.31. The number of rotatable bonds is 6. The van der Waals surface area contributed by atoms with E-state index in [4.69, 9.17) is 10.2 Å². The molecule has 128 valence electrons. The Labute approximate surface area is 146 Å². The smallest absolute Gasteiger partial charge is 0.232 e. The SMILES string of the molecule is NCC1CCN(C(=O)CSCc2coc(-c3ccccc3)n2)CC1. The third kappa shape index (κ3) is 4.39. The van der Waals surface area contributed by atoms with Crippen LogP contribution in [0.2, 0.25) is 0 Å². The van der Waals surface area contributed by atoms with Crippen molar-refractivity contribution in [1.29, 1.82) is 0 Å². The molecule has 0 aliphatic carbocycles. The molecule has 6 heteroatoms. The maximum atomic E-state index is 12.2. The third-order valence-electron chi connectivity index (χ3n) is 4.35. The van der Waals surface area contributed by atoms with E-state index in [0.29, 0.717) is 23.3 Å². The van der Waals surface area contributed by atoms with E-state index in [-0.39, 0.29) is 5.91 Å². The maximum Gasteiger partial charge on any atom is 0.232 e. The van der Waals surface area contributed by atoms with E-state index in [2.05, 4.69) is 4.98 Å². The summed E-state index contributed by atoms with van der Waals surface area (Å²) in [6.45, 7) is 2.40. The summed E-state index contributed by atoms with van der Waals surface area (Å²) in [5.74, 6) is 2.58. The molecular formula is C18H23N3O2S. The molecule has 0 atom stereocenters. The van der Waals surface area contributed by atoms with Crippen molar-refractivity contribution in [3.63, 3.8) is 0 Å². The molecule has 2 heterocycles. The van der Waals surface area contributed by atoms with E-state index in [0.717, 1.165) is 43.7 Å². The van der Waals surface area contributed by atoms with Crippen LogP contribution in [0.25, 0.3) is 11.5 Å². The van der Waals surface area contributed by atoms with Crippen LogP contribution < -0.4 is 5.73 Å². The Kier molecular flexibility index (Phi) is 5.93. The topological polar surface area (TPSA) is 72.4 Å². The quantitative estimate of drug-likeness (QED) is 0.871. The zero-order valence-corrected chi connectivity index (χ0v) is 14.5. The van der Waals surface area contributed by atoms with Crippen LogP contribution >= 0.6 is 11.8 Å². The van der Waals surface area contributed by atoms with Crippen LogP contribution in [-0.2, 0) is 10.5 Å². The van der Waals surface area contributed by atoms with Gasteiger partial charge < -0.3 is 15.1 Å². The normalized spacial score (nSPS) is 15.6. The minimum absolute atomic E-state index is 0.210. The molecule has 1 aromatic carbocycles. The van der Waals surface area contributed by atoms with Crippen molar-refractivity contribution in [2.24, 2.45) is 11.7 Å². The Hall–Kier alpha value is -1.79. The summed E-state index contributed by atoms with van der Waals surface area (Å²) in [5.41, 5.74) is 7.52. The largest absolute Gasteiger partial charge is 0.444 e. The van der Waals surface area contributed by atoms with Gasteiger partial charge >= 0.3 is 0 Å². The predicted octanol–water partition coefficient (Wildman–Crippen LogP) is 2.77. The number of amides is 1. The van der Waals surface area contributed by atoms with Gasteiger partial charge in [-0.2, -0.15) is 0 Å². The second-order valence-electron chi connectivity index (χ2n) is 6.06. The molecule has 0 bridgehead atoms. The standard InChI is InChI=1S/C18H23N3O2S/c19-10-14-6-8-21(9-7-14)17(22)13-24-12-16-11-23-18(20-16)15-4-2-1-3-5-15/h1-5,11,14H,6-10,12-13,19H2. The lowest BCUT2D eigenvalue weighted by molar-refractivity contribution is -0.129. The monoisotopic (exact) mass is 345 g/mol. The van der Waals surface area contributed by atoms with Crippen LogP contribution in [0.5, 0.6) is 0 Å². The van der Waals surface area contributed by atoms with E-state index in [9.17, 15) is 4.79 Å². The fourth-order valence-corrected chi connectivity index (χ4v) is 3.64.